The minimum Gasteiger partial charge on any atom is -0.369 e. The first-order valence-electron chi connectivity index (χ1n) is 13.1. The summed E-state index contributed by atoms with van der Waals surface area (Å²) in [6, 6.07) is 18.0. The van der Waals surface area contributed by atoms with Gasteiger partial charge in [0.2, 0.25) is 11.9 Å². The van der Waals surface area contributed by atoms with Gasteiger partial charge in [0, 0.05) is 79.2 Å². The lowest BCUT2D eigenvalue weighted by molar-refractivity contribution is -0.111. The van der Waals surface area contributed by atoms with Crippen LogP contribution in [0.15, 0.2) is 79.1 Å². The van der Waals surface area contributed by atoms with E-state index in [-0.39, 0.29) is 5.91 Å². The Hall–Kier alpha value is -4.34. The quantitative estimate of drug-likeness (QED) is 0.332. The largest absolute Gasteiger partial charge is 0.369 e. The number of nitrogens with zero attached hydrogens (tertiary/aromatic N) is 6. The number of carbonyl (C=O) groups excluding carboxylic acids is 1. The number of pyridine rings is 1. The van der Waals surface area contributed by atoms with E-state index in [2.05, 4.69) is 61.7 Å². The van der Waals surface area contributed by atoms with Gasteiger partial charge in [0.05, 0.1) is 11.2 Å². The van der Waals surface area contributed by atoms with Crippen molar-refractivity contribution in [2.75, 3.05) is 69.4 Å². The Balaban J connectivity index is 1.34. The van der Waals surface area contributed by atoms with E-state index in [9.17, 15) is 4.79 Å². The molecule has 1 saturated heterocycles. The zero-order chi connectivity index (χ0) is 27.2. The van der Waals surface area contributed by atoms with E-state index in [0.717, 1.165) is 54.0 Å². The van der Waals surface area contributed by atoms with Crippen molar-refractivity contribution in [3.05, 3.63) is 79.1 Å². The topological polar surface area (TPSA) is 89.5 Å². The molecule has 0 aliphatic carbocycles. The van der Waals surface area contributed by atoms with Crippen LogP contribution < -0.4 is 15.5 Å². The van der Waals surface area contributed by atoms with Crippen molar-refractivity contribution in [2.24, 2.45) is 0 Å². The van der Waals surface area contributed by atoms with Crippen molar-refractivity contribution in [1.29, 1.82) is 0 Å². The summed E-state index contributed by atoms with van der Waals surface area (Å²) in [7, 11) is 6.07. The molecule has 9 heteroatoms. The molecular formula is C30H34N8O. The second kappa shape index (κ2) is 12.0. The maximum Gasteiger partial charge on any atom is 0.248 e. The van der Waals surface area contributed by atoms with Gasteiger partial charge in [0.25, 0.3) is 0 Å². The van der Waals surface area contributed by atoms with Crippen LogP contribution in [0, 0.1) is 0 Å². The molecule has 0 atom stereocenters. The third-order valence-electron chi connectivity index (χ3n) is 6.65. The molecule has 0 saturated carbocycles. The van der Waals surface area contributed by atoms with Gasteiger partial charge in [-0.15, -0.1) is 0 Å². The number of para-hydroxylation sites is 1. The monoisotopic (exact) mass is 522 g/mol. The molecule has 2 aromatic heterocycles. The summed E-state index contributed by atoms with van der Waals surface area (Å²) >= 11 is 0. The number of nitrogens with one attached hydrogen (secondary N) is 2. The van der Waals surface area contributed by atoms with Gasteiger partial charge in [0.15, 0.2) is 0 Å². The van der Waals surface area contributed by atoms with Crippen molar-refractivity contribution in [2.45, 2.75) is 0 Å². The Morgan fingerprint density at radius 3 is 2.56 bits per heavy atom. The standard InChI is InChI=1S/C30H34N8O/c1-36(2)15-5-8-28(39)33-24-13-14-31-27(20-24)26-7-4-6-22-21-32-30(35-29(22)26)34-23-9-11-25(12-10-23)38-18-16-37(3)17-19-38/h4-14,20-21H,15-19H2,1-3H3,(H,31,33,39)(H,32,34,35)/b8-5+. The predicted molar refractivity (Wildman–Crippen MR) is 159 cm³/mol. The van der Waals surface area contributed by atoms with Crippen LogP contribution >= 0.6 is 0 Å². The third-order valence-corrected chi connectivity index (χ3v) is 6.65. The Morgan fingerprint density at radius 1 is 1.00 bits per heavy atom. The summed E-state index contributed by atoms with van der Waals surface area (Å²) in [5.41, 5.74) is 5.19. The average Bonchev–Trinajstić information content (AvgIpc) is 2.93. The van der Waals surface area contributed by atoms with Gasteiger partial charge in [-0.05, 0) is 57.5 Å². The number of carbonyl (C=O) groups is 1. The molecule has 4 aromatic rings. The second-order valence-corrected chi connectivity index (χ2v) is 9.98. The fraction of sp³-hybridized carbons (Fsp3) is 0.267. The Morgan fingerprint density at radius 2 is 1.79 bits per heavy atom. The highest BCUT2D eigenvalue weighted by atomic mass is 16.1. The highest BCUT2D eigenvalue weighted by Crippen LogP contribution is 2.29. The smallest absolute Gasteiger partial charge is 0.248 e. The van der Waals surface area contributed by atoms with Gasteiger partial charge in [0.1, 0.15) is 0 Å². The summed E-state index contributed by atoms with van der Waals surface area (Å²) in [4.78, 5) is 33.0. The summed E-state index contributed by atoms with van der Waals surface area (Å²) in [5, 5.41) is 7.16. The van der Waals surface area contributed by atoms with Gasteiger partial charge >= 0.3 is 0 Å². The number of benzene rings is 2. The highest BCUT2D eigenvalue weighted by Gasteiger charge is 2.14. The van der Waals surface area contributed by atoms with E-state index >= 15 is 0 Å². The van der Waals surface area contributed by atoms with Crippen molar-refractivity contribution in [1.82, 2.24) is 24.8 Å². The van der Waals surface area contributed by atoms with E-state index in [1.807, 2.05) is 55.5 Å². The number of piperazine rings is 1. The van der Waals surface area contributed by atoms with E-state index in [0.29, 0.717) is 18.2 Å². The minimum atomic E-state index is -0.181. The fourth-order valence-corrected chi connectivity index (χ4v) is 4.48. The lowest BCUT2D eigenvalue weighted by Crippen LogP contribution is -2.44. The van der Waals surface area contributed by atoms with E-state index in [4.69, 9.17) is 4.98 Å². The van der Waals surface area contributed by atoms with Gasteiger partial charge in [-0.3, -0.25) is 9.78 Å². The Kier molecular flexibility index (Phi) is 8.10. The number of anilines is 4. The first-order valence-corrected chi connectivity index (χ1v) is 13.1. The molecule has 1 amide bonds. The Bertz CT molecular complexity index is 1460. The number of likely N-dealkylation sites (N-methyl/N-ethyl adjacent to an activating group) is 2. The number of hydrogen-bond donors (Lipinski definition) is 2. The van der Waals surface area contributed by atoms with Gasteiger partial charge in [-0.25, -0.2) is 9.97 Å². The molecule has 1 fully saturated rings. The molecule has 1 aliphatic rings. The number of aromatic nitrogens is 3. The molecule has 2 N–H and O–H groups in total. The van der Waals surface area contributed by atoms with Gasteiger partial charge in [-0.1, -0.05) is 24.3 Å². The van der Waals surface area contributed by atoms with Crippen molar-refractivity contribution in [3.8, 4) is 11.3 Å². The molecule has 39 heavy (non-hydrogen) atoms. The van der Waals surface area contributed by atoms with Crippen molar-refractivity contribution in [3.63, 3.8) is 0 Å². The molecule has 0 radical (unpaired) electrons. The number of hydrogen-bond acceptors (Lipinski definition) is 8. The summed E-state index contributed by atoms with van der Waals surface area (Å²) < 4.78 is 0. The van der Waals surface area contributed by atoms with E-state index in [1.54, 1.807) is 18.3 Å². The van der Waals surface area contributed by atoms with Gasteiger partial charge in [-0.2, -0.15) is 0 Å². The first-order chi connectivity index (χ1) is 18.9. The first kappa shape index (κ1) is 26.3. The SMILES string of the molecule is CN(C)C/C=C/C(=O)Nc1ccnc(-c2cccc3cnc(Nc4ccc(N5CCN(C)CC5)cc4)nc23)c1. The molecule has 2 aromatic carbocycles. The Labute approximate surface area is 229 Å². The molecular weight excluding hydrogens is 488 g/mol. The summed E-state index contributed by atoms with van der Waals surface area (Å²) in [6.45, 7) is 4.91. The van der Waals surface area contributed by atoms with Crippen LogP contribution in [0.5, 0.6) is 0 Å². The average molecular weight is 523 g/mol. The molecule has 1 aliphatic heterocycles. The maximum atomic E-state index is 12.3. The molecule has 0 spiro atoms. The summed E-state index contributed by atoms with van der Waals surface area (Å²) in [6.07, 6.45) is 6.87. The minimum absolute atomic E-state index is 0.181. The van der Waals surface area contributed by atoms with Crippen LogP contribution in [0.2, 0.25) is 0 Å². The van der Waals surface area contributed by atoms with Gasteiger partial charge < -0.3 is 25.3 Å². The zero-order valence-electron chi connectivity index (χ0n) is 22.6. The molecule has 0 unspecified atom stereocenters. The van der Waals surface area contributed by atoms with Crippen LogP contribution in [0.4, 0.5) is 23.0 Å². The van der Waals surface area contributed by atoms with Crippen LogP contribution in [-0.2, 0) is 4.79 Å². The van der Waals surface area contributed by atoms with E-state index in [1.165, 1.54) is 5.69 Å². The normalized spacial score (nSPS) is 14.3. The van der Waals surface area contributed by atoms with Crippen molar-refractivity contribution < 1.29 is 4.79 Å². The number of fused-ring (bicyclic) bond motifs is 1. The van der Waals surface area contributed by atoms with Crippen LogP contribution in [0.1, 0.15) is 0 Å². The third kappa shape index (κ3) is 6.76. The predicted octanol–water partition coefficient (Wildman–Crippen LogP) is 4.24. The zero-order valence-corrected chi connectivity index (χ0v) is 22.6. The maximum absolute atomic E-state index is 12.3. The van der Waals surface area contributed by atoms with E-state index < -0.39 is 0 Å². The fourth-order valence-electron chi connectivity index (χ4n) is 4.48. The highest BCUT2D eigenvalue weighted by molar-refractivity contribution is 6.00. The molecule has 9 nitrogen and oxygen atoms in total. The lowest BCUT2D eigenvalue weighted by atomic mass is 10.1. The van der Waals surface area contributed by atoms with Crippen LogP contribution in [0.3, 0.4) is 0 Å². The van der Waals surface area contributed by atoms with Crippen LogP contribution in [-0.4, -0.2) is 84.5 Å². The molecule has 3 heterocycles. The molecule has 5 rings (SSSR count). The van der Waals surface area contributed by atoms with Crippen LogP contribution in [0.25, 0.3) is 22.2 Å². The number of amides is 1. The summed E-state index contributed by atoms with van der Waals surface area (Å²) in [5.74, 6) is 0.331. The number of rotatable bonds is 8. The second-order valence-electron chi connectivity index (χ2n) is 9.98. The van der Waals surface area contributed by atoms with Crippen molar-refractivity contribution >= 4 is 39.8 Å². The lowest BCUT2D eigenvalue weighted by Gasteiger charge is -2.34. The molecule has 200 valence electrons. The molecule has 0 bridgehead atoms.